The minimum atomic E-state index is 0.0810. The van der Waals surface area contributed by atoms with Crippen LogP contribution in [-0.2, 0) is 13.0 Å². The molecule has 0 aliphatic heterocycles. The lowest BCUT2D eigenvalue weighted by Gasteiger charge is -2.16. The molecule has 0 spiro atoms. The molecule has 2 N–H and O–H groups in total. The van der Waals surface area contributed by atoms with E-state index in [0.717, 1.165) is 17.4 Å². The average molecular weight is 334 g/mol. The maximum atomic E-state index is 9.49. The van der Waals surface area contributed by atoms with Gasteiger partial charge in [-0.2, -0.15) is 0 Å². The summed E-state index contributed by atoms with van der Waals surface area (Å²) in [7, 11) is 0. The largest absolute Gasteiger partial charge is 0.395 e. The van der Waals surface area contributed by atoms with Gasteiger partial charge in [-0.05, 0) is 36.1 Å². The first-order chi connectivity index (χ1) is 9.69. The molecule has 0 bridgehead atoms. The lowest BCUT2D eigenvalue weighted by molar-refractivity contribution is 0.241. The van der Waals surface area contributed by atoms with Gasteiger partial charge in [0.1, 0.15) is 0 Å². The molecule has 0 aliphatic carbocycles. The molecule has 0 amide bonds. The third-order valence-corrected chi connectivity index (χ3v) is 4.23. The summed E-state index contributed by atoms with van der Waals surface area (Å²) in [6.45, 7) is 2.98. The molecule has 0 saturated heterocycles. The Morgan fingerprint density at radius 2 is 1.85 bits per heavy atom. The molecule has 2 aromatic carbocycles. The molecule has 0 radical (unpaired) electrons. The summed E-state index contributed by atoms with van der Waals surface area (Å²) in [5.74, 6) is 0. The number of hydrogen-bond donors (Lipinski definition) is 2. The SMILES string of the molecule is Cc1ccc(CNC(CO)Cc2ccccc2)cc1Br. The number of hydrogen-bond acceptors (Lipinski definition) is 2. The first-order valence-electron chi connectivity index (χ1n) is 6.82. The average Bonchev–Trinajstić information content (AvgIpc) is 2.48. The van der Waals surface area contributed by atoms with Crippen LogP contribution in [0, 0.1) is 6.92 Å². The Labute approximate surface area is 129 Å². The van der Waals surface area contributed by atoms with Gasteiger partial charge in [0.05, 0.1) is 6.61 Å². The van der Waals surface area contributed by atoms with Gasteiger partial charge in [0, 0.05) is 17.1 Å². The number of aliphatic hydroxyl groups is 1. The lowest BCUT2D eigenvalue weighted by Crippen LogP contribution is -2.34. The predicted octanol–water partition coefficient (Wildman–Crippen LogP) is 3.45. The fourth-order valence-corrected chi connectivity index (χ4v) is 2.53. The van der Waals surface area contributed by atoms with Crippen molar-refractivity contribution in [2.45, 2.75) is 25.9 Å². The van der Waals surface area contributed by atoms with E-state index >= 15 is 0 Å². The first-order valence-corrected chi connectivity index (χ1v) is 7.61. The number of benzene rings is 2. The third-order valence-electron chi connectivity index (χ3n) is 3.38. The molecule has 3 heteroatoms. The van der Waals surface area contributed by atoms with E-state index in [2.05, 4.69) is 58.5 Å². The van der Waals surface area contributed by atoms with Crippen molar-refractivity contribution in [2.24, 2.45) is 0 Å². The number of rotatable bonds is 6. The fraction of sp³-hybridized carbons (Fsp3) is 0.294. The molecule has 0 aromatic heterocycles. The van der Waals surface area contributed by atoms with Crippen molar-refractivity contribution in [1.82, 2.24) is 5.32 Å². The normalized spacial score (nSPS) is 12.3. The van der Waals surface area contributed by atoms with Crippen molar-refractivity contribution < 1.29 is 5.11 Å². The van der Waals surface area contributed by atoms with Gasteiger partial charge in [0.15, 0.2) is 0 Å². The van der Waals surface area contributed by atoms with Crippen LogP contribution in [0.25, 0.3) is 0 Å². The van der Waals surface area contributed by atoms with Crippen LogP contribution in [0.5, 0.6) is 0 Å². The zero-order valence-corrected chi connectivity index (χ0v) is 13.2. The number of aliphatic hydroxyl groups excluding tert-OH is 1. The molecule has 0 aliphatic rings. The van der Waals surface area contributed by atoms with Crippen molar-refractivity contribution in [1.29, 1.82) is 0 Å². The van der Waals surface area contributed by atoms with Crippen molar-refractivity contribution in [2.75, 3.05) is 6.61 Å². The summed E-state index contributed by atoms with van der Waals surface area (Å²) in [6, 6.07) is 16.7. The van der Waals surface area contributed by atoms with Crippen LogP contribution in [0.4, 0.5) is 0 Å². The second-order valence-corrected chi connectivity index (χ2v) is 5.89. The van der Waals surface area contributed by atoms with Crippen molar-refractivity contribution in [3.8, 4) is 0 Å². The van der Waals surface area contributed by atoms with Gasteiger partial charge >= 0.3 is 0 Å². The van der Waals surface area contributed by atoms with Crippen LogP contribution in [0.1, 0.15) is 16.7 Å². The van der Waals surface area contributed by atoms with Crippen LogP contribution >= 0.6 is 15.9 Å². The third kappa shape index (κ3) is 4.44. The Morgan fingerprint density at radius 3 is 2.50 bits per heavy atom. The van der Waals surface area contributed by atoms with Crippen LogP contribution in [0.15, 0.2) is 53.0 Å². The van der Waals surface area contributed by atoms with E-state index < -0.39 is 0 Å². The van der Waals surface area contributed by atoms with Crippen molar-refractivity contribution >= 4 is 15.9 Å². The smallest absolute Gasteiger partial charge is 0.0587 e. The van der Waals surface area contributed by atoms with Crippen LogP contribution < -0.4 is 5.32 Å². The van der Waals surface area contributed by atoms with Crippen molar-refractivity contribution in [3.05, 3.63) is 69.7 Å². The van der Waals surface area contributed by atoms with Gasteiger partial charge in [0.25, 0.3) is 0 Å². The van der Waals surface area contributed by atoms with E-state index in [4.69, 9.17) is 0 Å². The zero-order valence-electron chi connectivity index (χ0n) is 11.6. The Bertz CT molecular complexity index is 542. The molecule has 1 atom stereocenters. The molecule has 1 unspecified atom stereocenters. The Balaban J connectivity index is 1.92. The summed E-state index contributed by atoms with van der Waals surface area (Å²) in [4.78, 5) is 0. The maximum absolute atomic E-state index is 9.49. The molecule has 2 nitrogen and oxygen atoms in total. The Hall–Kier alpha value is -1.16. The van der Waals surface area contributed by atoms with Crippen molar-refractivity contribution in [3.63, 3.8) is 0 Å². The maximum Gasteiger partial charge on any atom is 0.0587 e. The lowest BCUT2D eigenvalue weighted by atomic mass is 10.1. The van der Waals surface area contributed by atoms with E-state index in [-0.39, 0.29) is 12.6 Å². The van der Waals surface area contributed by atoms with Gasteiger partial charge in [0.2, 0.25) is 0 Å². The monoisotopic (exact) mass is 333 g/mol. The highest BCUT2D eigenvalue weighted by Crippen LogP contribution is 2.17. The predicted molar refractivity (Wildman–Crippen MR) is 86.7 cm³/mol. The molecule has 2 rings (SSSR count). The minimum Gasteiger partial charge on any atom is -0.395 e. The molecular formula is C17H20BrNO. The second-order valence-electron chi connectivity index (χ2n) is 5.03. The molecule has 106 valence electrons. The van der Waals surface area contributed by atoms with Crippen LogP contribution in [0.3, 0.4) is 0 Å². The molecule has 20 heavy (non-hydrogen) atoms. The summed E-state index contributed by atoms with van der Waals surface area (Å²) in [6.07, 6.45) is 0.838. The number of aryl methyl sites for hydroxylation is 1. The standard InChI is InChI=1S/C17H20BrNO/c1-13-7-8-15(10-17(13)18)11-19-16(12-20)9-14-5-3-2-4-6-14/h2-8,10,16,19-20H,9,11-12H2,1H3. The zero-order chi connectivity index (χ0) is 14.4. The van der Waals surface area contributed by atoms with E-state index in [9.17, 15) is 5.11 Å². The van der Waals surface area contributed by atoms with E-state index in [1.54, 1.807) is 0 Å². The van der Waals surface area contributed by atoms with E-state index in [0.29, 0.717) is 0 Å². The summed E-state index contributed by atoms with van der Waals surface area (Å²) < 4.78 is 1.13. The Morgan fingerprint density at radius 1 is 1.10 bits per heavy atom. The summed E-state index contributed by atoms with van der Waals surface area (Å²) >= 11 is 3.55. The van der Waals surface area contributed by atoms with Crippen LogP contribution in [-0.4, -0.2) is 17.8 Å². The first kappa shape index (κ1) is 15.2. The summed E-state index contributed by atoms with van der Waals surface area (Å²) in [5, 5.41) is 12.9. The molecule has 0 fully saturated rings. The highest BCUT2D eigenvalue weighted by atomic mass is 79.9. The summed E-state index contributed by atoms with van der Waals surface area (Å²) in [5.41, 5.74) is 3.69. The molecule has 0 heterocycles. The second kappa shape index (κ2) is 7.58. The van der Waals surface area contributed by atoms with E-state index in [1.807, 2.05) is 18.2 Å². The molecule has 0 saturated carbocycles. The molecular weight excluding hydrogens is 314 g/mol. The van der Waals surface area contributed by atoms with E-state index in [1.165, 1.54) is 16.7 Å². The molecule has 2 aromatic rings. The van der Waals surface area contributed by atoms with Crippen LogP contribution in [0.2, 0.25) is 0 Å². The topological polar surface area (TPSA) is 32.3 Å². The quantitative estimate of drug-likeness (QED) is 0.848. The van der Waals surface area contributed by atoms with Gasteiger partial charge in [-0.25, -0.2) is 0 Å². The highest BCUT2D eigenvalue weighted by molar-refractivity contribution is 9.10. The van der Waals surface area contributed by atoms with Gasteiger partial charge in [-0.3, -0.25) is 0 Å². The minimum absolute atomic E-state index is 0.0810. The van der Waals surface area contributed by atoms with Gasteiger partial charge < -0.3 is 10.4 Å². The number of nitrogens with one attached hydrogen (secondary N) is 1. The fourth-order valence-electron chi connectivity index (χ4n) is 2.11. The van der Waals surface area contributed by atoms with Gasteiger partial charge in [-0.1, -0.05) is 58.4 Å². The highest BCUT2D eigenvalue weighted by Gasteiger charge is 2.08. The number of halogens is 1. The van der Waals surface area contributed by atoms with Gasteiger partial charge in [-0.15, -0.1) is 0 Å². The Kier molecular flexibility index (Phi) is 5.77.